The third-order valence-electron chi connectivity index (χ3n) is 6.05. The zero-order valence-electron chi connectivity index (χ0n) is 18.9. The van der Waals surface area contributed by atoms with Crippen LogP contribution in [0.2, 0.25) is 0 Å². The second-order valence-corrected chi connectivity index (χ2v) is 12.2. The first kappa shape index (κ1) is 23.5. The predicted octanol–water partition coefficient (Wildman–Crippen LogP) is 2.39. The Morgan fingerprint density at radius 1 is 0.781 bits per heavy atom. The van der Waals surface area contributed by atoms with Crippen LogP contribution in [0.15, 0.2) is 91.0 Å². The number of rotatable bonds is 9. The molecular formula is C26H33N4OP. The number of guanidine groups is 1. The summed E-state index contributed by atoms with van der Waals surface area (Å²) in [6, 6.07) is 32.4. The van der Waals surface area contributed by atoms with E-state index in [4.69, 9.17) is 11.1 Å². The van der Waals surface area contributed by atoms with E-state index in [2.05, 4.69) is 91.0 Å². The van der Waals surface area contributed by atoms with Crippen LogP contribution in [0, 0.1) is 5.41 Å². The van der Waals surface area contributed by atoms with Crippen LogP contribution in [0.25, 0.3) is 0 Å². The maximum atomic E-state index is 12.6. The molecule has 5 nitrogen and oxygen atoms in total. The van der Waals surface area contributed by atoms with Crippen molar-refractivity contribution in [2.75, 3.05) is 33.3 Å². The van der Waals surface area contributed by atoms with Crippen molar-refractivity contribution in [3.05, 3.63) is 91.0 Å². The summed E-state index contributed by atoms with van der Waals surface area (Å²) in [6.45, 7) is 0.774. The molecule has 32 heavy (non-hydrogen) atoms. The van der Waals surface area contributed by atoms with Gasteiger partial charge in [-0.05, 0) is 0 Å². The Bertz CT molecular complexity index is 915. The monoisotopic (exact) mass is 448 g/mol. The molecule has 0 bridgehead atoms. The van der Waals surface area contributed by atoms with E-state index in [0.717, 1.165) is 12.6 Å². The van der Waals surface area contributed by atoms with Crippen LogP contribution in [0.3, 0.4) is 0 Å². The van der Waals surface area contributed by atoms with E-state index in [1.165, 1.54) is 20.8 Å². The zero-order valence-corrected chi connectivity index (χ0v) is 19.9. The first-order valence-electron chi connectivity index (χ1n) is 10.9. The zero-order chi connectivity index (χ0) is 23.0. The van der Waals surface area contributed by atoms with Gasteiger partial charge < -0.3 is 0 Å². The van der Waals surface area contributed by atoms with E-state index in [9.17, 15) is 4.79 Å². The van der Waals surface area contributed by atoms with Gasteiger partial charge in [-0.2, -0.15) is 0 Å². The van der Waals surface area contributed by atoms with Crippen molar-refractivity contribution in [3.8, 4) is 0 Å². The predicted molar refractivity (Wildman–Crippen MR) is 138 cm³/mol. The van der Waals surface area contributed by atoms with E-state index in [-0.39, 0.29) is 18.4 Å². The fourth-order valence-corrected chi connectivity index (χ4v) is 9.05. The second kappa shape index (κ2) is 10.9. The van der Waals surface area contributed by atoms with Crippen LogP contribution in [0.1, 0.15) is 6.42 Å². The maximum absolute atomic E-state index is 12.6. The van der Waals surface area contributed by atoms with Gasteiger partial charge in [0.2, 0.25) is 0 Å². The van der Waals surface area contributed by atoms with Crippen LogP contribution in [0.5, 0.6) is 0 Å². The molecule has 0 radical (unpaired) electrons. The Balaban J connectivity index is 1.90. The summed E-state index contributed by atoms with van der Waals surface area (Å²) in [5.41, 5.74) is 5.48. The van der Waals surface area contributed by atoms with Crippen LogP contribution in [0.4, 0.5) is 0 Å². The number of carbonyl (C=O) groups excluding carboxylic acids is 1. The molecule has 0 saturated carbocycles. The van der Waals surface area contributed by atoms with Gasteiger partial charge in [-0.3, -0.25) is 0 Å². The van der Waals surface area contributed by atoms with Crippen LogP contribution >= 0.6 is 7.26 Å². The number of likely N-dealkylation sites (N-methyl/N-ethyl adjacent to an activating group) is 2. The van der Waals surface area contributed by atoms with Gasteiger partial charge in [0.15, 0.2) is 0 Å². The standard InChI is InChI=1S/C26H33N4OP/c1-29(25(31)21-30(2)26(27)28)19-12-20-32(22-13-6-3-7-14-22,23-15-8-4-9-16-23)24-17-10-5-11-18-24/h3-11,13-18,32H,12,19-21H2,1-2H3,(H3,27,28). The molecule has 0 heterocycles. The van der Waals surface area contributed by atoms with Gasteiger partial charge in [0, 0.05) is 0 Å². The minimum atomic E-state index is -2.28. The third-order valence-corrected chi connectivity index (χ3v) is 11.1. The Labute approximate surface area is 191 Å². The summed E-state index contributed by atoms with van der Waals surface area (Å²) in [4.78, 5) is 15.8. The summed E-state index contributed by atoms with van der Waals surface area (Å²) in [6.07, 6.45) is 1.88. The van der Waals surface area contributed by atoms with Gasteiger partial charge in [-0.15, -0.1) is 0 Å². The Morgan fingerprint density at radius 3 is 1.56 bits per heavy atom. The molecule has 3 aromatic carbocycles. The van der Waals surface area contributed by atoms with E-state index >= 15 is 0 Å². The van der Waals surface area contributed by atoms with Crippen molar-refractivity contribution in [2.45, 2.75) is 6.42 Å². The number of hydrogen-bond acceptors (Lipinski definition) is 2. The van der Waals surface area contributed by atoms with Gasteiger partial charge in [-0.25, -0.2) is 0 Å². The van der Waals surface area contributed by atoms with Crippen molar-refractivity contribution < 1.29 is 4.79 Å². The molecule has 6 heteroatoms. The summed E-state index contributed by atoms with van der Waals surface area (Å²) >= 11 is 0. The molecular weight excluding hydrogens is 415 g/mol. The average molecular weight is 449 g/mol. The Morgan fingerprint density at radius 2 is 1.19 bits per heavy atom. The molecule has 0 spiro atoms. The van der Waals surface area contributed by atoms with E-state index in [1.54, 1.807) is 11.9 Å². The number of benzene rings is 3. The topological polar surface area (TPSA) is 73.4 Å². The van der Waals surface area contributed by atoms with Crippen LogP contribution in [-0.4, -0.2) is 55.0 Å². The summed E-state index contributed by atoms with van der Waals surface area (Å²) in [5.74, 6) is -0.135. The molecule has 3 rings (SSSR count). The molecule has 168 valence electrons. The van der Waals surface area contributed by atoms with E-state index in [1.807, 2.05) is 7.05 Å². The normalized spacial score (nSPS) is 11.6. The van der Waals surface area contributed by atoms with Gasteiger partial charge >= 0.3 is 192 Å². The van der Waals surface area contributed by atoms with Crippen molar-refractivity contribution in [1.29, 1.82) is 5.41 Å². The number of amides is 1. The molecule has 0 aliphatic heterocycles. The van der Waals surface area contributed by atoms with Gasteiger partial charge in [0.05, 0.1) is 0 Å². The SMILES string of the molecule is CN(CC(=O)N(C)CCC[PH](c1ccccc1)(c1ccccc1)c1ccccc1)C(=N)N. The van der Waals surface area contributed by atoms with Crippen molar-refractivity contribution in [3.63, 3.8) is 0 Å². The molecule has 1 amide bonds. The average Bonchev–Trinajstić information content (AvgIpc) is 2.83. The molecule has 0 fully saturated rings. The van der Waals surface area contributed by atoms with Gasteiger partial charge in [0.25, 0.3) is 0 Å². The van der Waals surface area contributed by atoms with Crippen molar-refractivity contribution in [1.82, 2.24) is 9.80 Å². The number of nitrogens with one attached hydrogen (secondary N) is 1. The van der Waals surface area contributed by atoms with Crippen molar-refractivity contribution >= 4 is 35.0 Å². The second-order valence-electron chi connectivity index (χ2n) is 8.16. The number of nitrogens with zero attached hydrogens (tertiary/aromatic N) is 2. The third kappa shape index (κ3) is 5.35. The number of hydrogen-bond donors (Lipinski definition) is 2. The van der Waals surface area contributed by atoms with Gasteiger partial charge in [0.1, 0.15) is 0 Å². The molecule has 3 N–H and O–H groups in total. The number of carbonyl (C=O) groups is 1. The van der Waals surface area contributed by atoms with E-state index in [0.29, 0.717) is 6.54 Å². The van der Waals surface area contributed by atoms with E-state index < -0.39 is 7.26 Å². The van der Waals surface area contributed by atoms with Crippen molar-refractivity contribution in [2.24, 2.45) is 5.73 Å². The summed E-state index contributed by atoms with van der Waals surface area (Å²) < 4.78 is 0. The molecule has 0 atom stereocenters. The summed E-state index contributed by atoms with van der Waals surface area (Å²) in [7, 11) is 1.21. The molecule has 0 unspecified atom stereocenters. The molecule has 0 aliphatic carbocycles. The first-order valence-corrected chi connectivity index (χ1v) is 13.1. The summed E-state index contributed by atoms with van der Waals surface area (Å²) in [5, 5.41) is 11.6. The quantitative estimate of drug-likeness (QED) is 0.300. The Kier molecular flexibility index (Phi) is 8.02. The van der Waals surface area contributed by atoms with Crippen LogP contribution in [-0.2, 0) is 4.79 Å². The molecule has 0 aromatic heterocycles. The molecule has 0 aliphatic rings. The molecule has 0 saturated heterocycles. The number of nitrogens with two attached hydrogens (primary N) is 1. The minimum absolute atomic E-state index is 0.0332. The molecule has 3 aromatic rings. The van der Waals surface area contributed by atoms with Gasteiger partial charge in [-0.1, -0.05) is 0 Å². The van der Waals surface area contributed by atoms with Crippen LogP contribution < -0.4 is 21.6 Å². The first-order chi connectivity index (χ1) is 15.4. The Hall–Kier alpha value is -3.17. The fourth-order valence-electron chi connectivity index (χ4n) is 4.22. The fraction of sp³-hybridized carbons (Fsp3) is 0.231.